The predicted octanol–water partition coefficient (Wildman–Crippen LogP) is 7.52. The van der Waals surface area contributed by atoms with Gasteiger partial charge in [-0.2, -0.15) is 5.10 Å². The minimum Gasteiger partial charge on any atom is -0.344 e. The van der Waals surface area contributed by atoms with Crippen LogP contribution in [0.4, 0.5) is 0 Å². The standard InChI is InChI=1S/C32H28ClN3O/c1-22-17-18-23(2)30(19-22)36-31(21-29(35-36)26-15-9-10-16-27(26)33)32(37)34-28(25-13-7-4-8-14-25)20-24-11-5-3-6-12-24/h3-19,21,28H,20H2,1-2H3,(H,34,37). The summed E-state index contributed by atoms with van der Waals surface area (Å²) in [5, 5.41) is 8.75. The molecule has 1 amide bonds. The van der Waals surface area contributed by atoms with Crippen molar-refractivity contribution in [2.45, 2.75) is 26.3 Å². The molecule has 1 aromatic heterocycles. The zero-order chi connectivity index (χ0) is 25.8. The molecule has 0 saturated carbocycles. The second-order valence-corrected chi connectivity index (χ2v) is 9.63. The topological polar surface area (TPSA) is 46.9 Å². The lowest BCUT2D eigenvalue weighted by Crippen LogP contribution is -2.31. The number of carbonyl (C=O) groups excluding carboxylic acids is 1. The average Bonchev–Trinajstić information content (AvgIpc) is 3.36. The first-order valence-corrected chi connectivity index (χ1v) is 12.7. The smallest absolute Gasteiger partial charge is 0.270 e. The number of aromatic nitrogens is 2. The number of hydrogen-bond acceptors (Lipinski definition) is 2. The molecule has 0 aliphatic heterocycles. The van der Waals surface area contributed by atoms with Crippen molar-refractivity contribution in [3.63, 3.8) is 0 Å². The maximum Gasteiger partial charge on any atom is 0.270 e. The number of benzene rings is 4. The maximum absolute atomic E-state index is 13.9. The molecule has 0 radical (unpaired) electrons. The highest BCUT2D eigenvalue weighted by Crippen LogP contribution is 2.29. The molecule has 1 heterocycles. The van der Waals surface area contributed by atoms with E-state index in [2.05, 4.69) is 23.5 Å². The van der Waals surface area contributed by atoms with Crippen LogP contribution in [0.25, 0.3) is 16.9 Å². The summed E-state index contributed by atoms with van der Waals surface area (Å²) in [5.41, 5.74) is 7.06. The van der Waals surface area contributed by atoms with Gasteiger partial charge in [-0.3, -0.25) is 4.79 Å². The number of nitrogens with one attached hydrogen (secondary N) is 1. The Hall–Kier alpha value is -4.15. The van der Waals surface area contributed by atoms with E-state index in [1.807, 2.05) is 105 Å². The Morgan fingerprint density at radius 3 is 2.27 bits per heavy atom. The summed E-state index contributed by atoms with van der Waals surface area (Å²) in [4.78, 5) is 13.9. The van der Waals surface area contributed by atoms with Gasteiger partial charge in [-0.05, 0) is 60.7 Å². The van der Waals surface area contributed by atoms with E-state index >= 15 is 0 Å². The van der Waals surface area contributed by atoms with Crippen molar-refractivity contribution in [2.24, 2.45) is 0 Å². The van der Waals surface area contributed by atoms with Crippen LogP contribution >= 0.6 is 11.6 Å². The van der Waals surface area contributed by atoms with Crippen LogP contribution in [0.1, 0.15) is 38.8 Å². The van der Waals surface area contributed by atoms with Crippen molar-refractivity contribution in [1.82, 2.24) is 15.1 Å². The molecule has 0 aliphatic carbocycles. The normalized spacial score (nSPS) is 11.8. The number of aryl methyl sites for hydroxylation is 2. The van der Waals surface area contributed by atoms with Gasteiger partial charge in [0.15, 0.2) is 0 Å². The summed E-state index contributed by atoms with van der Waals surface area (Å²) < 4.78 is 1.74. The van der Waals surface area contributed by atoms with E-state index in [4.69, 9.17) is 16.7 Å². The molecular formula is C32H28ClN3O. The van der Waals surface area contributed by atoms with E-state index in [1.165, 1.54) is 0 Å². The van der Waals surface area contributed by atoms with Crippen molar-refractivity contribution < 1.29 is 4.79 Å². The Labute approximate surface area is 222 Å². The third-order valence-electron chi connectivity index (χ3n) is 6.47. The van der Waals surface area contributed by atoms with Crippen LogP contribution in [-0.4, -0.2) is 15.7 Å². The molecule has 37 heavy (non-hydrogen) atoms. The molecule has 5 aromatic rings. The van der Waals surface area contributed by atoms with Gasteiger partial charge in [0.2, 0.25) is 0 Å². The zero-order valence-corrected chi connectivity index (χ0v) is 21.6. The Morgan fingerprint density at radius 2 is 1.54 bits per heavy atom. The summed E-state index contributed by atoms with van der Waals surface area (Å²) in [6.07, 6.45) is 0.672. The van der Waals surface area contributed by atoms with Crippen molar-refractivity contribution in [2.75, 3.05) is 0 Å². The molecule has 1 unspecified atom stereocenters. The van der Waals surface area contributed by atoms with Gasteiger partial charge in [-0.15, -0.1) is 0 Å². The molecule has 0 saturated heterocycles. The van der Waals surface area contributed by atoms with Gasteiger partial charge < -0.3 is 5.32 Å². The summed E-state index contributed by atoms with van der Waals surface area (Å²) in [5.74, 6) is -0.198. The second-order valence-electron chi connectivity index (χ2n) is 9.22. The van der Waals surface area contributed by atoms with Crippen LogP contribution in [0.3, 0.4) is 0 Å². The molecule has 1 N–H and O–H groups in total. The highest BCUT2D eigenvalue weighted by molar-refractivity contribution is 6.33. The van der Waals surface area contributed by atoms with Gasteiger partial charge in [0.05, 0.1) is 22.4 Å². The molecule has 0 fully saturated rings. The third-order valence-corrected chi connectivity index (χ3v) is 6.80. The fourth-order valence-electron chi connectivity index (χ4n) is 4.49. The molecule has 0 bridgehead atoms. The van der Waals surface area contributed by atoms with Crippen LogP contribution in [-0.2, 0) is 6.42 Å². The molecule has 4 aromatic carbocycles. The van der Waals surface area contributed by atoms with Gasteiger partial charge in [0.1, 0.15) is 5.69 Å². The van der Waals surface area contributed by atoms with Crippen molar-refractivity contribution in [3.05, 3.63) is 142 Å². The highest BCUT2D eigenvalue weighted by atomic mass is 35.5. The first kappa shape index (κ1) is 24.5. The van der Waals surface area contributed by atoms with E-state index in [0.717, 1.165) is 33.5 Å². The van der Waals surface area contributed by atoms with Crippen LogP contribution in [0.5, 0.6) is 0 Å². The fourth-order valence-corrected chi connectivity index (χ4v) is 4.73. The lowest BCUT2D eigenvalue weighted by Gasteiger charge is -2.20. The minimum absolute atomic E-state index is 0.198. The highest BCUT2D eigenvalue weighted by Gasteiger charge is 2.23. The Balaban J connectivity index is 1.57. The van der Waals surface area contributed by atoms with Gasteiger partial charge in [-0.25, -0.2) is 4.68 Å². The van der Waals surface area contributed by atoms with E-state index in [-0.39, 0.29) is 11.9 Å². The molecule has 5 heteroatoms. The van der Waals surface area contributed by atoms with Gasteiger partial charge >= 0.3 is 0 Å². The number of carbonyl (C=O) groups is 1. The molecule has 4 nitrogen and oxygen atoms in total. The lowest BCUT2D eigenvalue weighted by molar-refractivity contribution is 0.0928. The summed E-state index contributed by atoms with van der Waals surface area (Å²) >= 11 is 6.51. The summed E-state index contributed by atoms with van der Waals surface area (Å²) in [7, 11) is 0. The van der Waals surface area contributed by atoms with Crippen molar-refractivity contribution >= 4 is 17.5 Å². The number of hydrogen-bond donors (Lipinski definition) is 1. The molecule has 5 rings (SSSR count). The van der Waals surface area contributed by atoms with E-state index < -0.39 is 0 Å². The first-order chi connectivity index (χ1) is 18.0. The van der Waals surface area contributed by atoms with Gasteiger partial charge in [0.25, 0.3) is 5.91 Å². The van der Waals surface area contributed by atoms with Gasteiger partial charge in [-0.1, -0.05) is 103 Å². The van der Waals surface area contributed by atoms with Gasteiger partial charge in [0, 0.05) is 5.56 Å². The molecule has 1 atom stereocenters. The first-order valence-electron chi connectivity index (χ1n) is 12.3. The minimum atomic E-state index is -0.207. The largest absolute Gasteiger partial charge is 0.344 e. The number of nitrogens with zero attached hydrogens (tertiary/aromatic N) is 2. The third kappa shape index (κ3) is 5.50. The monoisotopic (exact) mass is 505 g/mol. The number of halogens is 1. The predicted molar refractivity (Wildman–Crippen MR) is 150 cm³/mol. The van der Waals surface area contributed by atoms with Crippen molar-refractivity contribution in [3.8, 4) is 16.9 Å². The molecule has 184 valence electrons. The average molecular weight is 506 g/mol. The maximum atomic E-state index is 13.9. The quantitative estimate of drug-likeness (QED) is 0.248. The van der Waals surface area contributed by atoms with Crippen molar-refractivity contribution in [1.29, 1.82) is 0 Å². The summed E-state index contributed by atoms with van der Waals surface area (Å²) in [6, 6.07) is 35.6. The van der Waals surface area contributed by atoms with Crippen LogP contribution < -0.4 is 5.32 Å². The Morgan fingerprint density at radius 1 is 0.865 bits per heavy atom. The van der Waals surface area contributed by atoms with E-state index in [0.29, 0.717) is 22.8 Å². The van der Waals surface area contributed by atoms with Crippen LogP contribution in [0.15, 0.2) is 109 Å². The van der Waals surface area contributed by atoms with E-state index in [1.54, 1.807) is 4.68 Å². The zero-order valence-electron chi connectivity index (χ0n) is 20.9. The Bertz CT molecular complexity index is 1530. The molecule has 0 aliphatic rings. The Kier molecular flexibility index (Phi) is 7.20. The number of amides is 1. The van der Waals surface area contributed by atoms with Crippen LogP contribution in [0.2, 0.25) is 5.02 Å². The molecule has 0 spiro atoms. The van der Waals surface area contributed by atoms with Crippen LogP contribution in [0, 0.1) is 13.8 Å². The lowest BCUT2D eigenvalue weighted by atomic mass is 9.98. The number of rotatable bonds is 7. The summed E-state index contributed by atoms with van der Waals surface area (Å²) in [6.45, 7) is 4.06. The SMILES string of the molecule is Cc1ccc(C)c(-n2nc(-c3ccccc3Cl)cc2C(=O)NC(Cc2ccccc2)c2ccccc2)c1. The van der Waals surface area contributed by atoms with E-state index in [9.17, 15) is 4.79 Å². The second kappa shape index (κ2) is 10.9. The molecular weight excluding hydrogens is 478 g/mol. The fraction of sp³-hybridized carbons (Fsp3) is 0.125.